The molecule has 0 aliphatic carbocycles. The van der Waals surface area contributed by atoms with Gasteiger partial charge in [0, 0.05) is 41.6 Å². The van der Waals surface area contributed by atoms with Crippen LogP contribution in [0.4, 0.5) is 0 Å². The number of pyridine rings is 1. The molecule has 3 unspecified atom stereocenters. The molecule has 2 aliphatic rings. The first kappa shape index (κ1) is 21.6. The van der Waals surface area contributed by atoms with Crippen molar-refractivity contribution in [3.8, 4) is 5.75 Å². The van der Waals surface area contributed by atoms with Crippen molar-refractivity contribution in [3.63, 3.8) is 0 Å². The van der Waals surface area contributed by atoms with Gasteiger partial charge in [0.1, 0.15) is 17.1 Å². The average molecular weight is 458 g/mol. The highest BCUT2D eigenvalue weighted by Gasteiger charge is 2.41. The van der Waals surface area contributed by atoms with Crippen molar-refractivity contribution < 1.29 is 14.3 Å². The topological polar surface area (TPSA) is 70.8 Å². The van der Waals surface area contributed by atoms with Crippen LogP contribution in [-0.4, -0.2) is 46.8 Å². The highest BCUT2D eigenvalue weighted by atomic mass is 16.5. The number of hydrogen-bond donors (Lipinski definition) is 2. The average Bonchev–Trinajstić information content (AvgIpc) is 3.38. The minimum absolute atomic E-state index is 0.477. The summed E-state index contributed by atoms with van der Waals surface area (Å²) in [5.41, 5.74) is 2.76. The Kier molecular flexibility index (Phi) is 5.73. The first-order chi connectivity index (χ1) is 16.7. The Hall–Kier alpha value is -2.93. The van der Waals surface area contributed by atoms with Crippen molar-refractivity contribution in [2.45, 2.75) is 56.5 Å². The molecule has 2 fully saturated rings. The van der Waals surface area contributed by atoms with Crippen molar-refractivity contribution in [1.82, 2.24) is 15.2 Å². The number of fused-ring (bicyclic) bond motifs is 4. The lowest BCUT2D eigenvalue weighted by Crippen LogP contribution is -2.50. The molecule has 4 aromatic rings. The number of furan rings is 1. The molecule has 6 heteroatoms. The SMILES string of the molecule is COc1ccc2nccc(C(O)CN3C4CCC3CC(NCc3cc5ccccc5o3)C4)c2c1. The van der Waals surface area contributed by atoms with Crippen molar-refractivity contribution in [2.24, 2.45) is 0 Å². The molecule has 2 bridgehead atoms. The number of nitrogens with zero attached hydrogens (tertiary/aromatic N) is 2. The van der Waals surface area contributed by atoms with Crippen LogP contribution < -0.4 is 10.1 Å². The Morgan fingerprint density at radius 2 is 1.94 bits per heavy atom. The highest BCUT2D eigenvalue weighted by Crippen LogP contribution is 2.38. The van der Waals surface area contributed by atoms with E-state index in [2.05, 4.69) is 27.3 Å². The van der Waals surface area contributed by atoms with Gasteiger partial charge in [0.25, 0.3) is 0 Å². The summed E-state index contributed by atoms with van der Waals surface area (Å²) >= 11 is 0. The van der Waals surface area contributed by atoms with Crippen LogP contribution in [0.25, 0.3) is 21.9 Å². The van der Waals surface area contributed by atoms with E-state index < -0.39 is 6.10 Å². The monoisotopic (exact) mass is 457 g/mol. The van der Waals surface area contributed by atoms with E-state index in [0.29, 0.717) is 24.7 Å². The molecule has 2 aliphatic heterocycles. The second kappa shape index (κ2) is 9.02. The summed E-state index contributed by atoms with van der Waals surface area (Å²) in [5, 5.41) is 17.1. The van der Waals surface area contributed by atoms with Crippen LogP contribution in [-0.2, 0) is 6.54 Å². The molecule has 3 atom stereocenters. The lowest BCUT2D eigenvalue weighted by molar-refractivity contribution is 0.0520. The molecule has 2 N–H and O–H groups in total. The van der Waals surface area contributed by atoms with E-state index in [-0.39, 0.29) is 0 Å². The molecular weight excluding hydrogens is 426 g/mol. The number of methoxy groups -OCH3 is 1. The van der Waals surface area contributed by atoms with Gasteiger partial charge < -0.3 is 19.6 Å². The molecule has 6 nitrogen and oxygen atoms in total. The fourth-order valence-corrected chi connectivity index (χ4v) is 5.97. The molecule has 0 amide bonds. The molecule has 2 saturated heterocycles. The van der Waals surface area contributed by atoms with Crippen LogP contribution in [0, 0.1) is 0 Å². The number of para-hydroxylation sites is 1. The van der Waals surface area contributed by atoms with E-state index in [1.54, 1.807) is 13.3 Å². The number of aromatic nitrogens is 1. The van der Waals surface area contributed by atoms with E-state index in [1.165, 1.54) is 12.8 Å². The molecule has 176 valence electrons. The second-order valence-electron chi connectivity index (χ2n) is 9.68. The molecule has 2 aromatic carbocycles. The van der Waals surface area contributed by atoms with E-state index >= 15 is 0 Å². The maximum absolute atomic E-state index is 11.2. The van der Waals surface area contributed by atoms with Gasteiger partial charge in [0.2, 0.25) is 0 Å². The van der Waals surface area contributed by atoms with Crippen LogP contribution in [0.1, 0.15) is 43.1 Å². The Morgan fingerprint density at radius 3 is 2.74 bits per heavy atom. The molecule has 0 radical (unpaired) electrons. The minimum Gasteiger partial charge on any atom is -0.497 e. The quantitative estimate of drug-likeness (QED) is 0.415. The van der Waals surface area contributed by atoms with E-state index in [4.69, 9.17) is 9.15 Å². The van der Waals surface area contributed by atoms with Gasteiger partial charge in [0.15, 0.2) is 0 Å². The molecular formula is C28H31N3O3. The first-order valence-electron chi connectivity index (χ1n) is 12.3. The molecule has 0 spiro atoms. The fourth-order valence-electron chi connectivity index (χ4n) is 5.97. The number of nitrogens with one attached hydrogen (secondary N) is 1. The Balaban J connectivity index is 1.12. The predicted molar refractivity (Wildman–Crippen MR) is 133 cm³/mol. The molecule has 6 rings (SSSR count). The van der Waals surface area contributed by atoms with Crippen LogP contribution >= 0.6 is 0 Å². The number of aliphatic hydroxyl groups is 1. The molecule has 34 heavy (non-hydrogen) atoms. The van der Waals surface area contributed by atoms with Gasteiger partial charge in [-0.25, -0.2) is 0 Å². The van der Waals surface area contributed by atoms with Gasteiger partial charge in [-0.05, 0) is 67.6 Å². The van der Waals surface area contributed by atoms with Crippen molar-refractivity contribution in [1.29, 1.82) is 0 Å². The van der Waals surface area contributed by atoms with E-state index in [0.717, 1.165) is 58.3 Å². The number of benzene rings is 2. The summed E-state index contributed by atoms with van der Waals surface area (Å²) in [5.74, 6) is 1.77. The van der Waals surface area contributed by atoms with Gasteiger partial charge >= 0.3 is 0 Å². The summed E-state index contributed by atoms with van der Waals surface area (Å²) in [6.45, 7) is 1.41. The Morgan fingerprint density at radius 1 is 1.12 bits per heavy atom. The number of rotatable bonds is 7. The van der Waals surface area contributed by atoms with Gasteiger partial charge in [-0.2, -0.15) is 0 Å². The van der Waals surface area contributed by atoms with Crippen molar-refractivity contribution in [3.05, 3.63) is 72.1 Å². The van der Waals surface area contributed by atoms with Crippen LogP contribution in [0.3, 0.4) is 0 Å². The maximum atomic E-state index is 11.2. The summed E-state index contributed by atoms with van der Waals surface area (Å²) < 4.78 is 11.4. The number of aliphatic hydroxyl groups excluding tert-OH is 1. The minimum atomic E-state index is -0.555. The lowest BCUT2D eigenvalue weighted by Gasteiger charge is -2.40. The first-order valence-corrected chi connectivity index (χ1v) is 12.3. The van der Waals surface area contributed by atoms with E-state index in [9.17, 15) is 5.11 Å². The largest absolute Gasteiger partial charge is 0.497 e. The van der Waals surface area contributed by atoms with Crippen LogP contribution in [0.5, 0.6) is 5.75 Å². The van der Waals surface area contributed by atoms with Crippen molar-refractivity contribution >= 4 is 21.9 Å². The third kappa shape index (κ3) is 4.06. The van der Waals surface area contributed by atoms with Gasteiger partial charge in [-0.15, -0.1) is 0 Å². The maximum Gasteiger partial charge on any atom is 0.134 e. The summed E-state index contributed by atoms with van der Waals surface area (Å²) in [7, 11) is 1.66. The number of ether oxygens (including phenoxy) is 1. The third-order valence-corrected chi connectivity index (χ3v) is 7.65. The fraction of sp³-hybridized carbons (Fsp3) is 0.393. The predicted octanol–water partition coefficient (Wildman–Crippen LogP) is 4.81. The molecule has 0 saturated carbocycles. The van der Waals surface area contributed by atoms with Gasteiger partial charge in [-0.3, -0.25) is 9.88 Å². The summed E-state index contributed by atoms with van der Waals surface area (Å²) in [6.07, 6.45) is 5.84. The molecule has 4 heterocycles. The highest BCUT2D eigenvalue weighted by molar-refractivity contribution is 5.83. The lowest BCUT2D eigenvalue weighted by atomic mass is 9.95. The summed E-state index contributed by atoms with van der Waals surface area (Å²) in [6, 6.07) is 19.6. The number of hydrogen-bond acceptors (Lipinski definition) is 6. The standard InChI is InChI=1S/C28H31N3O3/c1-33-22-8-9-26-25(15-22)24(10-11-29-26)27(32)17-31-20-6-7-21(31)14-19(13-20)30-16-23-12-18-4-2-3-5-28(18)34-23/h2-5,8-12,15,19-21,27,30,32H,6-7,13-14,16-17H2,1H3. The Labute approximate surface area is 199 Å². The smallest absolute Gasteiger partial charge is 0.134 e. The van der Waals surface area contributed by atoms with Crippen LogP contribution in [0.2, 0.25) is 0 Å². The van der Waals surface area contributed by atoms with E-state index in [1.807, 2.05) is 42.5 Å². The second-order valence-corrected chi connectivity index (χ2v) is 9.68. The van der Waals surface area contributed by atoms with Gasteiger partial charge in [-0.1, -0.05) is 18.2 Å². The zero-order valence-corrected chi connectivity index (χ0v) is 19.5. The Bertz CT molecular complexity index is 1260. The summed E-state index contributed by atoms with van der Waals surface area (Å²) in [4.78, 5) is 7.00. The molecule has 2 aromatic heterocycles. The zero-order valence-electron chi connectivity index (χ0n) is 19.5. The number of piperidine rings is 1. The van der Waals surface area contributed by atoms with Crippen LogP contribution in [0.15, 0.2) is 65.2 Å². The van der Waals surface area contributed by atoms with Crippen molar-refractivity contribution in [2.75, 3.05) is 13.7 Å². The third-order valence-electron chi connectivity index (χ3n) is 7.65. The zero-order chi connectivity index (χ0) is 23.1. The normalized spacial score (nSPS) is 23.5. The van der Waals surface area contributed by atoms with Gasteiger partial charge in [0.05, 0.1) is 25.3 Å².